The van der Waals surface area contributed by atoms with Crippen LogP contribution in [-0.4, -0.2) is 23.7 Å². The highest BCUT2D eigenvalue weighted by atomic mass is 16.5. The molecule has 4 rings (SSSR count). The average molecular weight is 524 g/mol. The molecule has 0 atom stereocenters. The first-order valence-electron chi connectivity index (χ1n) is 14.4. The van der Waals surface area contributed by atoms with Crippen LogP contribution in [-0.2, 0) is 6.42 Å². The molecule has 0 aromatic heterocycles. The van der Waals surface area contributed by atoms with Gasteiger partial charge in [0.05, 0.1) is 6.10 Å². The van der Waals surface area contributed by atoms with Crippen LogP contribution >= 0.6 is 0 Å². The van der Waals surface area contributed by atoms with E-state index in [0.29, 0.717) is 12.1 Å². The summed E-state index contributed by atoms with van der Waals surface area (Å²) < 4.78 is 6.52. The molecule has 1 aliphatic rings. The number of amides is 1. The van der Waals surface area contributed by atoms with Gasteiger partial charge in [-0.2, -0.15) is 0 Å². The number of aryl methyl sites for hydroxylation is 1. The van der Waals surface area contributed by atoms with E-state index in [1.54, 1.807) is 6.07 Å². The summed E-state index contributed by atoms with van der Waals surface area (Å²) in [6.07, 6.45) is 16.5. The summed E-state index contributed by atoms with van der Waals surface area (Å²) in [5, 5.41) is 15.8. The van der Waals surface area contributed by atoms with E-state index in [-0.39, 0.29) is 17.8 Å². The van der Waals surface area contributed by atoms with Gasteiger partial charge >= 0.3 is 0 Å². The molecule has 1 fully saturated rings. The van der Waals surface area contributed by atoms with Crippen LogP contribution in [0.2, 0.25) is 0 Å². The van der Waals surface area contributed by atoms with Crippen LogP contribution in [0, 0.1) is 0 Å². The molecule has 1 aliphatic carbocycles. The van der Waals surface area contributed by atoms with Crippen molar-refractivity contribution in [2.24, 2.45) is 0 Å². The van der Waals surface area contributed by atoms with E-state index in [4.69, 9.17) is 4.74 Å². The summed E-state index contributed by atoms with van der Waals surface area (Å²) in [4.78, 5) is 13.1. The highest BCUT2D eigenvalue weighted by Crippen LogP contribution is 2.34. The van der Waals surface area contributed by atoms with Crippen molar-refractivity contribution in [1.29, 1.82) is 0 Å². The zero-order valence-corrected chi connectivity index (χ0v) is 23.3. The molecule has 2 N–H and O–H groups in total. The molecular weight excluding hydrogens is 482 g/mol. The lowest BCUT2D eigenvalue weighted by Gasteiger charge is -2.24. The predicted molar refractivity (Wildman–Crippen MR) is 161 cm³/mol. The van der Waals surface area contributed by atoms with Gasteiger partial charge in [-0.25, -0.2) is 0 Å². The van der Waals surface area contributed by atoms with Gasteiger partial charge in [-0.3, -0.25) is 4.79 Å². The fourth-order valence-electron chi connectivity index (χ4n) is 5.18. The maximum atomic E-state index is 13.1. The molecule has 3 aromatic rings. The number of phenolic OH excluding ortho intramolecular Hbond substituents is 1. The van der Waals surface area contributed by atoms with Gasteiger partial charge in [0.2, 0.25) is 0 Å². The molecule has 1 saturated carbocycles. The molecule has 1 amide bonds. The molecule has 0 unspecified atom stereocenters. The Kier molecular flexibility index (Phi) is 10.4. The van der Waals surface area contributed by atoms with Gasteiger partial charge in [-0.05, 0) is 98.5 Å². The second-order valence-electron chi connectivity index (χ2n) is 10.2. The third-order valence-electron chi connectivity index (χ3n) is 7.24. The lowest BCUT2D eigenvalue weighted by atomic mass is 9.96. The van der Waals surface area contributed by atoms with Crippen molar-refractivity contribution in [3.05, 3.63) is 94.4 Å². The molecule has 39 heavy (non-hydrogen) atoms. The number of hydrogen-bond acceptors (Lipinski definition) is 3. The van der Waals surface area contributed by atoms with E-state index in [2.05, 4.69) is 30.4 Å². The van der Waals surface area contributed by atoms with E-state index >= 15 is 0 Å². The first-order valence-corrected chi connectivity index (χ1v) is 14.4. The normalized spacial score (nSPS) is 15.1. The predicted octanol–water partition coefficient (Wildman–Crippen LogP) is 6.68. The zero-order valence-electron chi connectivity index (χ0n) is 23.3. The summed E-state index contributed by atoms with van der Waals surface area (Å²) in [5.74, 6) is 0.880. The van der Waals surface area contributed by atoms with E-state index in [1.165, 1.54) is 24.8 Å². The SMILES string of the molecule is C\C=C/C=c1/cc(-c2cc(C(=O)NCCCc3ccccc3)ccc2OC2CCCCC2)cc(O)/c1=C\CC. The van der Waals surface area contributed by atoms with Crippen molar-refractivity contribution in [1.82, 2.24) is 5.32 Å². The number of phenols is 1. The highest BCUT2D eigenvalue weighted by molar-refractivity contribution is 5.96. The number of allylic oxidation sites excluding steroid dienone is 2. The Morgan fingerprint density at radius 2 is 1.85 bits per heavy atom. The van der Waals surface area contributed by atoms with Crippen molar-refractivity contribution >= 4 is 18.1 Å². The standard InChI is InChI=1S/C35H41NO3/c1-3-5-17-27-23-29(25-33(37)31(27)13-4-2)32-24-28(20-21-34(32)39-30-18-10-7-11-19-30)35(38)36-22-12-16-26-14-8-6-9-15-26/h3,5-6,8-9,13-15,17,20-21,23-25,30,37H,4,7,10-12,16,18-19,22H2,1-2H3,(H,36,38)/b5-3-,27-17-,31-13-. The van der Waals surface area contributed by atoms with Crippen molar-refractivity contribution in [2.45, 2.75) is 71.3 Å². The van der Waals surface area contributed by atoms with Gasteiger partial charge in [0, 0.05) is 22.9 Å². The van der Waals surface area contributed by atoms with Gasteiger partial charge in [-0.1, -0.05) is 68.0 Å². The Balaban J connectivity index is 1.64. The van der Waals surface area contributed by atoms with Gasteiger partial charge < -0.3 is 15.2 Å². The van der Waals surface area contributed by atoms with Crippen LogP contribution in [0.4, 0.5) is 0 Å². The molecule has 3 aromatic carbocycles. The fraction of sp³-hybridized carbons (Fsp3) is 0.343. The van der Waals surface area contributed by atoms with Gasteiger partial charge in [0.15, 0.2) is 0 Å². The molecule has 0 bridgehead atoms. The lowest BCUT2D eigenvalue weighted by Crippen LogP contribution is -2.26. The van der Waals surface area contributed by atoms with Gasteiger partial charge in [0.1, 0.15) is 11.5 Å². The number of carbonyl (C=O) groups is 1. The first kappa shape index (κ1) is 28.2. The monoisotopic (exact) mass is 523 g/mol. The van der Waals surface area contributed by atoms with Crippen molar-refractivity contribution in [2.75, 3.05) is 6.54 Å². The quantitative estimate of drug-likeness (QED) is 0.292. The molecular formula is C35H41NO3. The molecule has 0 radical (unpaired) electrons. The number of benzene rings is 3. The van der Waals surface area contributed by atoms with E-state index in [0.717, 1.165) is 59.4 Å². The second-order valence-corrected chi connectivity index (χ2v) is 10.2. The molecule has 4 nitrogen and oxygen atoms in total. The fourth-order valence-corrected chi connectivity index (χ4v) is 5.18. The third-order valence-corrected chi connectivity index (χ3v) is 7.24. The molecule has 0 spiro atoms. The van der Waals surface area contributed by atoms with Crippen LogP contribution in [0.3, 0.4) is 0 Å². The lowest BCUT2D eigenvalue weighted by molar-refractivity contribution is 0.0953. The van der Waals surface area contributed by atoms with Gasteiger partial charge in [-0.15, -0.1) is 0 Å². The number of ether oxygens (including phenoxy) is 1. The van der Waals surface area contributed by atoms with Crippen molar-refractivity contribution < 1.29 is 14.6 Å². The summed E-state index contributed by atoms with van der Waals surface area (Å²) >= 11 is 0. The Morgan fingerprint density at radius 3 is 2.59 bits per heavy atom. The minimum atomic E-state index is -0.102. The zero-order chi connectivity index (χ0) is 27.5. The summed E-state index contributed by atoms with van der Waals surface area (Å²) in [6.45, 7) is 4.64. The summed E-state index contributed by atoms with van der Waals surface area (Å²) in [5.41, 5.74) is 3.52. The van der Waals surface area contributed by atoms with E-state index in [1.807, 2.05) is 67.6 Å². The van der Waals surface area contributed by atoms with Gasteiger partial charge in [0.25, 0.3) is 5.91 Å². The largest absolute Gasteiger partial charge is 0.507 e. The Bertz CT molecular complexity index is 1390. The Hall–Kier alpha value is -3.79. The molecule has 204 valence electrons. The van der Waals surface area contributed by atoms with E-state index < -0.39 is 0 Å². The van der Waals surface area contributed by atoms with E-state index in [9.17, 15) is 9.90 Å². The minimum absolute atomic E-state index is 0.102. The minimum Gasteiger partial charge on any atom is -0.507 e. The molecule has 0 aliphatic heterocycles. The number of hydrogen-bond donors (Lipinski definition) is 2. The summed E-state index contributed by atoms with van der Waals surface area (Å²) in [6, 6.07) is 19.9. The average Bonchev–Trinajstić information content (AvgIpc) is 2.96. The Morgan fingerprint density at radius 1 is 1.05 bits per heavy atom. The first-order chi connectivity index (χ1) is 19.1. The third kappa shape index (κ3) is 7.86. The van der Waals surface area contributed by atoms with Crippen LogP contribution in [0.1, 0.15) is 74.7 Å². The maximum Gasteiger partial charge on any atom is 0.251 e. The topological polar surface area (TPSA) is 58.6 Å². The smallest absolute Gasteiger partial charge is 0.251 e. The molecule has 4 heteroatoms. The number of nitrogens with one attached hydrogen (secondary N) is 1. The Labute approximate surface area is 232 Å². The molecule has 0 heterocycles. The van der Waals surface area contributed by atoms with Crippen LogP contribution < -0.4 is 20.5 Å². The number of rotatable bonds is 10. The van der Waals surface area contributed by atoms with Crippen LogP contribution in [0.25, 0.3) is 23.3 Å². The number of carbonyl (C=O) groups excluding carboxylic acids is 1. The summed E-state index contributed by atoms with van der Waals surface area (Å²) in [7, 11) is 0. The second kappa shape index (κ2) is 14.4. The highest BCUT2D eigenvalue weighted by Gasteiger charge is 2.19. The van der Waals surface area contributed by atoms with Crippen LogP contribution in [0.15, 0.2) is 72.8 Å². The molecule has 0 saturated heterocycles. The van der Waals surface area contributed by atoms with Crippen molar-refractivity contribution in [3.63, 3.8) is 0 Å². The van der Waals surface area contributed by atoms with Crippen LogP contribution in [0.5, 0.6) is 11.5 Å². The number of aromatic hydroxyl groups is 1. The maximum absolute atomic E-state index is 13.1. The van der Waals surface area contributed by atoms with Crippen molar-refractivity contribution in [3.8, 4) is 22.6 Å².